The molecular weight excluding hydrogens is 312 g/mol. The third-order valence-electron chi connectivity index (χ3n) is 4.58. The van der Waals surface area contributed by atoms with E-state index in [1.54, 1.807) is 15.9 Å². The van der Waals surface area contributed by atoms with Crippen LogP contribution >= 0.6 is 23.6 Å². The predicted octanol–water partition coefficient (Wildman–Crippen LogP) is 4.22. The quantitative estimate of drug-likeness (QED) is 0.679. The molecule has 3 nitrogen and oxygen atoms in total. The molecule has 1 aliphatic rings. The van der Waals surface area contributed by atoms with Crippen LogP contribution in [-0.4, -0.2) is 9.55 Å². The Morgan fingerprint density at radius 2 is 2.09 bits per heavy atom. The van der Waals surface area contributed by atoms with Gasteiger partial charge in [-0.05, 0) is 68.1 Å². The summed E-state index contributed by atoms with van der Waals surface area (Å²) in [4.78, 5) is 18.7. The molecule has 4 rings (SSSR count). The smallest absolute Gasteiger partial charge is 0.267 e. The number of hydrogen-bond acceptors (Lipinski definition) is 3. The highest BCUT2D eigenvalue weighted by atomic mass is 32.1. The maximum atomic E-state index is 13.1. The van der Waals surface area contributed by atoms with Gasteiger partial charge in [-0.25, -0.2) is 0 Å². The number of fused-ring (bicyclic) bond motifs is 3. The minimum Gasteiger partial charge on any atom is -0.323 e. The molecule has 3 aromatic rings. The Kier molecular flexibility index (Phi) is 3.09. The molecule has 0 amide bonds. The Balaban J connectivity index is 2.13. The van der Waals surface area contributed by atoms with Crippen molar-refractivity contribution in [2.24, 2.45) is 0 Å². The molecule has 0 radical (unpaired) electrons. The average molecular weight is 328 g/mol. The molecule has 112 valence electrons. The molecule has 0 unspecified atom stereocenters. The zero-order valence-corrected chi connectivity index (χ0v) is 14.2. The van der Waals surface area contributed by atoms with Gasteiger partial charge in [0.25, 0.3) is 5.56 Å². The molecular formula is C17H16N2OS2. The molecule has 0 saturated carbocycles. The third kappa shape index (κ3) is 1.85. The fourth-order valence-corrected chi connectivity index (χ4v) is 4.90. The number of hydrogen-bond donors (Lipinski definition) is 1. The molecule has 2 aromatic heterocycles. The van der Waals surface area contributed by atoms with Crippen LogP contribution in [0.2, 0.25) is 0 Å². The number of thiophene rings is 1. The van der Waals surface area contributed by atoms with E-state index in [-0.39, 0.29) is 5.56 Å². The first-order valence-electron chi connectivity index (χ1n) is 7.44. The highest BCUT2D eigenvalue weighted by molar-refractivity contribution is 7.71. The number of H-pyrrole nitrogens is 1. The SMILES string of the molecule is Cc1cccc(-n2c(=S)[nH]c3sc4c(c3c2=O)CCC4)c1C. The monoisotopic (exact) mass is 328 g/mol. The summed E-state index contributed by atoms with van der Waals surface area (Å²) in [7, 11) is 0. The Morgan fingerprint density at radius 3 is 2.91 bits per heavy atom. The minimum absolute atomic E-state index is 0.0202. The molecule has 0 aliphatic heterocycles. The molecule has 22 heavy (non-hydrogen) atoms. The first-order chi connectivity index (χ1) is 10.6. The van der Waals surface area contributed by atoms with Gasteiger partial charge in [0.1, 0.15) is 4.83 Å². The van der Waals surface area contributed by atoms with E-state index in [1.807, 2.05) is 19.1 Å². The van der Waals surface area contributed by atoms with Crippen LogP contribution in [0.15, 0.2) is 23.0 Å². The first-order valence-corrected chi connectivity index (χ1v) is 8.66. The summed E-state index contributed by atoms with van der Waals surface area (Å²) in [5.41, 5.74) is 4.39. The lowest BCUT2D eigenvalue weighted by atomic mass is 10.1. The normalized spacial score (nSPS) is 13.7. The molecule has 1 aromatic carbocycles. The van der Waals surface area contributed by atoms with E-state index in [4.69, 9.17) is 12.2 Å². The topological polar surface area (TPSA) is 37.8 Å². The largest absolute Gasteiger partial charge is 0.323 e. The second kappa shape index (κ2) is 4.89. The lowest BCUT2D eigenvalue weighted by Gasteiger charge is -2.11. The molecule has 0 bridgehead atoms. The van der Waals surface area contributed by atoms with Gasteiger partial charge in [0.05, 0.1) is 11.1 Å². The number of aromatic nitrogens is 2. The molecule has 1 N–H and O–H groups in total. The number of nitrogens with one attached hydrogen (secondary N) is 1. The molecule has 5 heteroatoms. The summed E-state index contributed by atoms with van der Waals surface area (Å²) in [6.45, 7) is 4.09. The van der Waals surface area contributed by atoms with Gasteiger partial charge in [0.15, 0.2) is 4.77 Å². The molecule has 0 atom stereocenters. The summed E-state index contributed by atoms with van der Waals surface area (Å²) < 4.78 is 2.14. The summed E-state index contributed by atoms with van der Waals surface area (Å²) in [6, 6.07) is 5.99. The van der Waals surface area contributed by atoms with Gasteiger partial charge in [0, 0.05) is 4.88 Å². The van der Waals surface area contributed by atoms with Crippen LogP contribution in [0.1, 0.15) is 28.0 Å². The van der Waals surface area contributed by atoms with Gasteiger partial charge in [-0.1, -0.05) is 12.1 Å². The zero-order chi connectivity index (χ0) is 15.4. The van der Waals surface area contributed by atoms with E-state index in [2.05, 4.69) is 18.0 Å². The molecule has 1 aliphatic carbocycles. The van der Waals surface area contributed by atoms with Crippen LogP contribution in [0, 0.1) is 18.6 Å². The second-order valence-electron chi connectivity index (χ2n) is 5.85. The first kappa shape index (κ1) is 13.9. The van der Waals surface area contributed by atoms with Gasteiger partial charge < -0.3 is 4.98 Å². The highest BCUT2D eigenvalue weighted by Crippen LogP contribution is 2.34. The van der Waals surface area contributed by atoms with Crippen molar-refractivity contribution in [1.82, 2.24) is 9.55 Å². The summed E-state index contributed by atoms with van der Waals surface area (Å²) >= 11 is 7.16. The standard InChI is InChI=1S/C17H16N2OS2/c1-9-5-3-7-12(10(9)2)19-16(20)14-11-6-4-8-13(11)22-15(14)18-17(19)21/h3,5,7H,4,6,8H2,1-2H3,(H,18,21). The van der Waals surface area contributed by atoms with E-state index in [1.165, 1.54) is 10.4 Å². The van der Waals surface area contributed by atoms with Gasteiger partial charge in [0.2, 0.25) is 0 Å². The van der Waals surface area contributed by atoms with E-state index in [9.17, 15) is 4.79 Å². The van der Waals surface area contributed by atoms with Crippen LogP contribution in [0.5, 0.6) is 0 Å². The lowest BCUT2D eigenvalue weighted by Crippen LogP contribution is -2.21. The van der Waals surface area contributed by atoms with Crippen LogP contribution in [0.3, 0.4) is 0 Å². The molecule has 0 saturated heterocycles. The van der Waals surface area contributed by atoms with Crippen molar-refractivity contribution < 1.29 is 0 Å². The zero-order valence-electron chi connectivity index (χ0n) is 12.5. The Hall–Kier alpha value is -1.72. The second-order valence-corrected chi connectivity index (χ2v) is 7.34. The Bertz CT molecular complexity index is 1020. The van der Waals surface area contributed by atoms with E-state index in [0.717, 1.165) is 46.3 Å². The summed E-state index contributed by atoms with van der Waals surface area (Å²) in [5, 5.41) is 0.840. The van der Waals surface area contributed by atoms with Crippen molar-refractivity contribution in [1.29, 1.82) is 0 Å². The third-order valence-corrected chi connectivity index (χ3v) is 6.07. The van der Waals surface area contributed by atoms with Crippen molar-refractivity contribution in [3.63, 3.8) is 0 Å². The maximum Gasteiger partial charge on any atom is 0.267 e. The minimum atomic E-state index is 0.0202. The highest BCUT2D eigenvalue weighted by Gasteiger charge is 2.22. The molecule has 0 fully saturated rings. The van der Waals surface area contributed by atoms with E-state index >= 15 is 0 Å². The van der Waals surface area contributed by atoms with Crippen molar-refractivity contribution >= 4 is 33.8 Å². The predicted molar refractivity (Wildman–Crippen MR) is 94.1 cm³/mol. The number of aryl methyl sites for hydroxylation is 3. The van der Waals surface area contributed by atoms with Crippen LogP contribution in [0.25, 0.3) is 15.9 Å². The number of nitrogens with zero attached hydrogens (tertiary/aromatic N) is 1. The lowest BCUT2D eigenvalue weighted by molar-refractivity contribution is 0.907. The Morgan fingerprint density at radius 1 is 1.27 bits per heavy atom. The number of benzene rings is 1. The Labute approximate surface area is 137 Å². The molecule has 0 spiro atoms. The van der Waals surface area contributed by atoms with Gasteiger partial charge in [-0.3, -0.25) is 9.36 Å². The number of aromatic amines is 1. The molecule has 2 heterocycles. The fourth-order valence-electron chi connectivity index (χ4n) is 3.27. The van der Waals surface area contributed by atoms with Gasteiger partial charge in [-0.15, -0.1) is 11.3 Å². The summed E-state index contributed by atoms with van der Waals surface area (Å²) in [5.74, 6) is 0. The van der Waals surface area contributed by atoms with Crippen molar-refractivity contribution in [2.75, 3.05) is 0 Å². The van der Waals surface area contributed by atoms with Gasteiger partial charge in [-0.2, -0.15) is 0 Å². The van der Waals surface area contributed by atoms with Crippen LogP contribution in [-0.2, 0) is 12.8 Å². The summed E-state index contributed by atoms with van der Waals surface area (Å²) in [6.07, 6.45) is 3.23. The van der Waals surface area contributed by atoms with Gasteiger partial charge >= 0.3 is 0 Å². The maximum absolute atomic E-state index is 13.1. The number of rotatable bonds is 1. The van der Waals surface area contributed by atoms with Crippen molar-refractivity contribution in [2.45, 2.75) is 33.1 Å². The van der Waals surface area contributed by atoms with E-state index in [0.29, 0.717) is 4.77 Å². The van der Waals surface area contributed by atoms with Crippen molar-refractivity contribution in [3.05, 3.63) is 54.9 Å². The van der Waals surface area contributed by atoms with Crippen LogP contribution in [0.4, 0.5) is 0 Å². The fraction of sp³-hybridized carbons (Fsp3) is 0.294. The van der Waals surface area contributed by atoms with E-state index < -0.39 is 0 Å². The van der Waals surface area contributed by atoms with Crippen molar-refractivity contribution in [3.8, 4) is 5.69 Å². The average Bonchev–Trinajstić information content (AvgIpc) is 3.03. The van der Waals surface area contributed by atoms with Crippen LogP contribution < -0.4 is 5.56 Å².